The van der Waals surface area contributed by atoms with Crippen molar-refractivity contribution in [2.45, 2.75) is 0 Å². The molecule has 0 aromatic heterocycles. The Hall–Kier alpha value is -0.260. The molecule has 0 saturated carbocycles. The van der Waals surface area contributed by atoms with Crippen LogP contribution >= 0.6 is 12.2 Å². The summed E-state index contributed by atoms with van der Waals surface area (Å²) in [5.41, 5.74) is 0. The van der Waals surface area contributed by atoms with Crippen molar-refractivity contribution in [3.63, 3.8) is 0 Å². The molecule has 20 valence electrons. The first-order valence-corrected chi connectivity index (χ1v) is 1.31. The fourth-order valence-electron chi connectivity index (χ4n) is 0. The molecule has 4 heavy (non-hydrogen) atoms. The molecule has 0 heterocycles. The van der Waals surface area contributed by atoms with Gasteiger partial charge in [0.15, 0.2) is 11.4 Å². The first kappa shape index (κ1) is 3.74. The van der Waals surface area contributed by atoms with Gasteiger partial charge in [-0.05, 0) is 0 Å². The minimum absolute atomic E-state index is 1.44. The van der Waals surface area contributed by atoms with E-state index in [4.69, 9.17) is 0 Å². The van der Waals surface area contributed by atoms with Crippen LogP contribution in [0.4, 0.5) is 0 Å². The van der Waals surface area contributed by atoms with Gasteiger partial charge in [0.1, 0.15) is 12.2 Å². The Labute approximate surface area is 31.1 Å². The molecule has 0 saturated heterocycles. The van der Waals surface area contributed by atoms with Crippen molar-refractivity contribution < 1.29 is 0 Å². The lowest BCUT2D eigenvalue weighted by Gasteiger charge is -1.21. The van der Waals surface area contributed by atoms with Crippen molar-refractivity contribution in [1.82, 2.24) is 0 Å². The van der Waals surface area contributed by atoms with Crippen molar-refractivity contribution in [2.24, 2.45) is 0 Å². The summed E-state index contributed by atoms with van der Waals surface area (Å²) >= 11 is 4.19. The van der Waals surface area contributed by atoms with Crippen molar-refractivity contribution in [3.8, 4) is 0 Å². The third-order valence-corrected chi connectivity index (χ3v) is 0.250. The normalized spacial score (nSPS) is 4.00. The Morgan fingerprint density at radius 2 is 2.25 bits per heavy atom. The van der Waals surface area contributed by atoms with Gasteiger partial charge in [-0.2, -0.15) is 0 Å². The second-order valence-electron chi connectivity index (χ2n) is 0.322. The molecular formula is C3H3S+. The summed E-state index contributed by atoms with van der Waals surface area (Å²) in [7, 11) is 0. The zero-order valence-electron chi connectivity index (χ0n) is 2.19. The number of hydrogen-bond acceptors (Lipinski definition) is 1. The van der Waals surface area contributed by atoms with Gasteiger partial charge in [-0.3, -0.25) is 0 Å². The highest BCUT2D eigenvalue weighted by Crippen LogP contribution is 1.45. The molecule has 0 bridgehead atoms. The van der Waals surface area contributed by atoms with Crippen molar-refractivity contribution >= 4 is 17.6 Å². The molecule has 0 amide bonds. The van der Waals surface area contributed by atoms with Gasteiger partial charge >= 0.3 is 0 Å². The van der Waals surface area contributed by atoms with Crippen LogP contribution in [-0.2, 0) is 0 Å². The van der Waals surface area contributed by atoms with Crippen LogP contribution in [0.3, 0.4) is 0 Å². The van der Waals surface area contributed by atoms with Crippen LogP contribution in [0.2, 0.25) is 0 Å². The smallest absolute Gasteiger partial charge is 0.0376 e. The number of rotatable bonds is 1. The quantitative estimate of drug-likeness (QED) is 0.253. The summed E-state index contributed by atoms with van der Waals surface area (Å²) in [4.78, 5) is 0. The van der Waals surface area contributed by atoms with Gasteiger partial charge in [-0.15, -0.1) is 0 Å². The molecule has 0 aliphatic carbocycles. The molecule has 0 radical (unpaired) electrons. The van der Waals surface area contributed by atoms with Crippen LogP contribution in [-0.4, -0.2) is 5.37 Å². The maximum Gasteiger partial charge on any atom is 0.181 e. The summed E-state index contributed by atoms with van der Waals surface area (Å²) in [6.07, 6.45) is 1.44. The standard InChI is InChI=1S/C3H3S/c1-2-3-4/h2H,1H2/q+1. The molecule has 0 fully saturated rings. The van der Waals surface area contributed by atoms with Gasteiger partial charge in [0.25, 0.3) is 0 Å². The van der Waals surface area contributed by atoms with Crippen molar-refractivity contribution in [3.05, 3.63) is 12.7 Å². The summed E-state index contributed by atoms with van der Waals surface area (Å²) in [5.74, 6) is 0. The largest absolute Gasteiger partial charge is 0.181 e. The lowest BCUT2D eigenvalue weighted by molar-refractivity contribution is 2.56. The van der Waals surface area contributed by atoms with Crippen LogP contribution in [0, 0.1) is 0 Å². The second kappa shape index (κ2) is 2.74. The molecule has 0 rings (SSSR count). The van der Waals surface area contributed by atoms with Crippen molar-refractivity contribution in [2.75, 3.05) is 0 Å². The van der Waals surface area contributed by atoms with Crippen LogP contribution in [0.15, 0.2) is 12.7 Å². The predicted octanol–water partition coefficient (Wildman–Crippen LogP) is 1.05. The molecule has 0 unspecified atom stereocenters. The lowest BCUT2D eigenvalue weighted by Crippen LogP contribution is -1.37. The van der Waals surface area contributed by atoms with E-state index < -0.39 is 0 Å². The highest BCUT2D eigenvalue weighted by Gasteiger charge is 1.52. The first-order chi connectivity index (χ1) is 1.91. The summed E-state index contributed by atoms with van der Waals surface area (Å²) in [6, 6.07) is 0. The summed E-state index contributed by atoms with van der Waals surface area (Å²) in [5, 5.41) is 2.28. The molecule has 1 heteroatoms. The Kier molecular flexibility index (Phi) is 2.56. The average molecular weight is 71.1 g/mol. The zero-order valence-corrected chi connectivity index (χ0v) is 3.01. The van der Waals surface area contributed by atoms with E-state index >= 15 is 0 Å². The SMILES string of the molecule is C=C[C+]=S. The van der Waals surface area contributed by atoms with Crippen LogP contribution in [0.25, 0.3) is 0 Å². The second-order valence-corrected chi connectivity index (χ2v) is 0.558. The molecule has 0 spiro atoms. The monoisotopic (exact) mass is 71.0 g/mol. The first-order valence-electron chi connectivity index (χ1n) is 0.901. The van der Waals surface area contributed by atoms with Gasteiger partial charge in [0.2, 0.25) is 0 Å². The van der Waals surface area contributed by atoms with E-state index in [0.29, 0.717) is 0 Å². The lowest BCUT2D eigenvalue weighted by atomic mass is 10.8. The highest BCUT2D eigenvalue weighted by molar-refractivity contribution is 7.79. The van der Waals surface area contributed by atoms with E-state index in [-0.39, 0.29) is 0 Å². The molecule has 0 aromatic carbocycles. The maximum absolute atomic E-state index is 4.19. The fraction of sp³-hybridized carbons (Fsp3) is 0. The van der Waals surface area contributed by atoms with E-state index in [1.54, 1.807) is 0 Å². The maximum atomic E-state index is 4.19. The Balaban J connectivity index is 2.73. The Morgan fingerprint density at radius 1 is 2.00 bits per heavy atom. The molecule has 0 nitrogen and oxygen atoms in total. The topological polar surface area (TPSA) is 0 Å². The van der Waals surface area contributed by atoms with E-state index in [2.05, 4.69) is 24.2 Å². The number of thiocarbonyl (C=S) groups is 1. The molecule has 0 aliphatic rings. The van der Waals surface area contributed by atoms with E-state index in [1.165, 1.54) is 6.08 Å². The van der Waals surface area contributed by atoms with Crippen LogP contribution in [0.1, 0.15) is 0 Å². The summed E-state index contributed by atoms with van der Waals surface area (Å²) in [6.45, 7) is 3.26. The van der Waals surface area contributed by atoms with Crippen LogP contribution < -0.4 is 0 Å². The Bertz CT molecular complexity index is 24.3. The van der Waals surface area contributed by atoms with E-state index in [0.717, 1.165) is 0 Å². The number of allylic oxidation sites excluding steroid dienone is 1. The van der Waals surface area contributed by atoms with Gasteiger partial charge in [-0.1, -0.05) is 0 Å². The van der Waals surface area contributed by atoms with Crippen molar-refractivity contribution in [1.29, 1.82) is 0 Å². The fourth-order valence-corrected chi connectivity index (χ4v) is 0. The van der Waals surface area contributed by atoms with Gasteiger partial charge in [0, 0.05) is 6.58 Å². The van der Waals surface area contributed by atoms with Gasteiger partial charge < -0.3 is 0 Å². The molecule has 0 N–H and O–H groups in total. The van der Waals surface area contributed by atoms with E-state index in [9.17, 15) is 0 Å². The third kappa shape index (κ3) is 1.74. The minimum Gasteiger partial charge on any atom is 0.0376 e. The van der Waals surface area contributed by atoms with Crippen LogP contribution in [0.5, 0.6) is 0 Å². The number of hydrogen-bond donors (Lipinski definition) is 0. The van der Waals surface area contributed by atoms with Gasteiger partial charge in [0.05, 0.1) is 0 Å². The predicted molar refractivity (Wildman–Crippen MR) is 22.8 cm³/mol. The molecular weight excluding hydrogens is 68.1 g/mol. The average Bonchev–Trinajstić information content (AvgIpc) is 1.37. The highest BCUT2D eigenvalue weighted by atomic mass is 32.1. The zero-order chi connectivity index (χ0) is 3.41. The third-order valence-electron chi connectivity index (χ3n) is 0.0833. The summed E-state index contributed by atoms with van der Waals surface area (Å²) < 4.78 is 0. The molecule has 0 atom stereocenters. The molecule has 0 aliphatic heterocycles. The molecule has 0 aromatic rings. The van der Waals surface area contributed by atoms with E-state index in [1.807, 2.05) is 0 Å². The van der Waals surface area contributed by atoms with Gasteiger partial charge in [-0.25, -0.2) is 0 Å². The minimum atomic E-state index is 1.44. The Morgan fingerprint density at radius 3 is 2.25 bits per heavy atom.